The van der Waals surface area contributed by atoms with Crippen LogP contribution in [0.5, 0.6) is 11.5 Å². The highest BCUT2D eigenvalue weighted by molar-refractivity contribution is 5.71. The van der Waals surface area contributed by atoms with Crippen LogP contribution in [-0.4, -0.2) is 35.5 Å². The van der Waals surface area contributed by atoms with Crippen molar-refractivity contribution < 1.29 is 9.47 Å². The zero-order chi connectivity index (χ0) is 18.4. The first-order valence-corrected chi connectivity index (χ1v) is 8.72. The number of benzene rings is 2. The molecule has 3 heterocycles. The number of hydrogen-bond donors (Lipinski definition) is 0. The summed E-state index contributed by atoms with van der Waals surface area (Å²) in [4.78, 5) is 2.10. The molecule has 2 aromatic heterocycles. The molecule has 0 amide bonds. The van der Waals surface area contributed by atoms with Gasteiger partial charge in [0.1, 0.15) is 0 Å². The largest absolute Gasteiger partial charge is 0.454 e. The molecule has 0 fully saturated rings. The first-order chi connectivity index (χ1) is 13.2. The second-order valence-electron chi connectivity index (χ2n) is 6.68. The molecule has 0 radical (unpaired) electrons. The summed E-state index contributed by atoms with van der Waals surface area (Å²) in [6.45, 7) is 0.256. The lowest BCUT2D eigenvalue weighted by Gasteiger charge is -2.13. The van der Waals surface area contributed by atoms with Crippen molar-refractivity contribution in [1.29, 1.82) is 0 Å². The van der Waals surface area contributed by atoms with E-state index in [1.54, 1.807) is 0 Å². The van der Waals surface area contributed by atoms with Crippen molar-refractivity contribution in [2.24, 2.45) is 0 Å². The van der Waals surface area contributed by atoms with E-state index < -0.39 is 0 Å². The van der Waals surface area contributed by atoms with Crippen LogP contribution in [0.3, 0.4) is 0 Å². The SMILES string of the molecule is CN(C)c1cccc(-c2ccc3nnc(-c4ccc5c(c4)OCO5)n3c2)c1. The summed E-state index contributed by atoms with van der Waals surface area (Å²) >= 11 is 0. The van der Waals surface area contributed by atoms with Gasteiger partial charge in [-0.25, -0.2) is 0 Å². The highest BCUT2D eigenvalue weighted by Crippen LogP contribution is 2.35. The lowest BCUT2D eigenvalue weighted by atomic mass is 10.1. The Morgan fingerprint density at radius 3 is 2.59 bits per heavy atom. The van der Waals surface area contributed by atoms with Gasteiger partial charge in [0, 0.05) is 31.5 Å². The van der Waals surface area contributed by atoms with Gasteiger partial charge in [-0.05, 0) is 53.6 Å². The van der Waals surface area contributed by atoms with Crippen LogP contribution in [-0.2, 0) is 0 Å². The predicted molar refractivity (Wildman–Crippen MR) is 104 cm³/mol. The maximum atomic E-state index is 5.49. The molecule has 1 aliphatic heterocycles. The molecule has 0 aliphatic carbocycles. The number of pyridine rings is 1. The van der Waals surface area contributed by atoms with Crippen LogP contribution >= 0.6 is 0 Å². The van der Waals surface area contributed by atoms with Crippen molar-refractivity contribution in [2.45, 2.75) is 0 Å². The third-order valence-electron chi connectivity index (χ3n) is 4.73. The molecule has 134 valence electrons. The molecule has 1 aliphatic rings. The number of rotatable bonds is 3. The van der Waals surface area contributed by atoms with E-state index in [1.807, 2.05) is 42.8 Å². The fourth-order valence-electron chi connectivity index (χ4n) is 3.26. The average molecular weight is 358 g/mol. The smallest absolute Gasteiger partial charge is 0.231 e. The highest BCUT2D eigenvalue weighted by atomic mass is 16.7. The van der Waals surface area contributed by atoms with E-state index in [0.29, 0.717) is 0 Å². The summed E-state index contributed by atoms with van der Waals surface area (Å²) in [7, 11) is 4.08. The maximum absolute atomic E-state index is 5.49. The summed E-state index contributed by atoms with van der Waals surface area (Å²) < 4.78 is 12.9. The molecule has 0 atom stereocenters. The van der Waals surface area contributed by atoms with Crippen LogP contribution in [0.15, 0.2) is 60.8 Å². The van der Waals surface area contributed by atoms with E-state index >= 15 is 0 Å². The first-order valence-electron chi connectivity index (χ1n) is 8.72. The van der Waals surface area contributed by atoms with Crippen molar-refractivity contribution in [2.75, 3.05) is 25.8 Å². The molecule has 6 nitrogen and oxygen atoms in total. The molecule has 27 heavy (non-hydrogen) atoms. The minimum atomic E-state index is 0.256. The van der Waals surface area contributed by atoms with Crippen molar-refractivity contribution in [3.8, 4) is 34.0 Å². The number of fused-ring (bicyclic) bond motifs is 2. The van der Waals surface area contributed by atoms with Gasteiger partial charge in [-0.3, -0.25) is 4.40 Å². The number of aromatic nitrogens is 3. The zero-order valence-electron chi connectivity index (χ0n) is 15.1. The van der Waals surface area contributed by atoms with Crippen LogP contribution in [0.1, 0.15) is 0 Å². The van der Waals surface area contributed by atoms with Crippen LogP contribution in [0.4, 0.5) is 5.69 Å². The molecule has 2 aromatic carbocycles. The van der Waals surface area contributed by atoms with Crippen LogP contribution < -0.4 is 14.4 Å². The van der Waals surface area contributed by atoms with Crippen molar-refractivity contribution >= 4 is 11.3 Å². The lowest BCUT2D eigenvalue weighted by molar-refractivity contribution is 0.174. The van der Waals surface area contributed by atoms with Gasteiger partial charge in [0.05, 0.1) is 0 Å². The number of nitrogens with zero attached hydrogens (tertiary/aromatic N) is 4. The van der Waals surface area contributed by atoms with Gasteiger partial charge in [0.2, 0.25) is 6.79 Å². The highest BCUT2D eigenvalue weighted by Gasteiger charge is 2.16. The molecule has 0 saturated carbocycles. The summed E-state index contributed by atoms with van der Waals surface area (Å²) in [6.07, 6.45) is 2.07. The predicted octanol–water partition coefficient (Wildman–Crippen LogP) is 3.86. The fourth-order valence-corrected chi connectivity index (χ4v) is 3.26. The van der Waals surface area contributed by atoms with Crippen molar-refractivity contribution in [3.05, 3.63) is 60.8 Å². The number of anilines is 1. The second-order valence-corrected chi connectivity index (χ2v) is 6.68. The van der Waals surface area contributed by atoms with Gasteiger partial charge < -0.3 is 14.4 Å². The van der Waals surface area contributed by atoms with Gasteiger partial charge in [-0.1, -0.05) is 12.1 Å². The quantitative estimate of drug-likeness (QED) is 0.557. The Balaban J connectivity index is 1.62. The van der Waals surface area contributed by atoms with Gasteiger partial charge in [-0.2, -0.15) is 0 Å². The maximum Gasteiger partial charge on any atom is 0.231 e. The summed E-state index contributed by atoms with van der Waals surface area (Å²) in [5.41, 5.74) is 5.15. The van der Waals surface area contributed by atoms with E-state index in [-0.39, 0.29) is 6.79 Å². The molecule has 0 N–H and O–H groups in total. The second kappa shape index (κ2) is 6.02. The Kier molecular flexibility index (Phi) is 3.50. The van der Waals surface area contributed by atoms with Gasteiger partial charge in [0.25, 0.3) is 0 Å². The third-order valence-corrected chi connectivity index (χ3v) is 4.73. The fraction of sp³-hybridized carbons (Fsp3) is 0.143. The molecule has 5 rings (SSSR count). The zero-order valence-corrected chi connectivity index (χ0v) is 15.1. The molecule has 0 spiro atoms. The molecule has 4 aromatic rings. The minimum absolute atomic E-state index is 0.256. The molecule has 0 unspecified atom stereocenters. The van der Waals surface area contributed by atoms with Crippen molar-refractivity contribution in [1.82, 2.24) is 14.6 Å². The number of hydrogen-bond acceptors (Lipinski definition) is 5. The molecular weight excluding hydrogens is 340 g/mol. The van der Waals surface area contributed by atoms with E-state index in [2.05, 4.69) is 51.6 Å². The van der Waals surface area contributed by atoms with Gasteiger partial charge >= 0.3 is 0 Å². The number of ether oxygens (including phenoxy) is 2. The van der Waals surface area contributed by atoms with Gasteiger partial charge in [0.15, 0.2) is 23.0 Å². The standard InChI is InChI=1S/C21H18N4O2/c1-24(2)17-5-3-4-14(10-17)16-7-9-20-22-23-21(25(20)12-16)15-6-8-18-19(11-15)27-13-26-18/h3-12H,13H2,1-2H3. The Bertz CT molecular complexity index is 1150. The van der Waals surface area contributed by atoms with Crippen LogP contribution in [0.25, 0.3) is 28.2 Å². The van der Waals surface area contributed by atoms with Crippen LogP contribution in [0.2, 0.25) is 0 Å². The summed E-state index contributed by atoms with van der Waals surface area (Å²) in [5.74, 6) is 2.27. The molecular formula is C21H18N4O2. The van der Waals surface area contributed by atoms with E-state index in [0.717, 1.165) is 45.3 Å². The topological polar surface area (TPSA) is 51.9 Å². The Labute approximate surface area is 156 Å². The van der Waals surface area contributed by atoms with Crippen LogP contribution in [0, 0.1) is 0 Å². The normalized spacial score (nSPS) is 12.5. The van der Waals surface area contributed by atoms with Crippen molar-refractivity contribution in [3.63, 3.8) is 0 Å². The molecule has 0 bridgehead atoms. The van der Waals surface area contributed by atoms with E-state index in [4.69, 9.17) is 9.47 Å². The van der Waals surface area contributed by atoms with E-state index in [1.165, 1.54) is 0 Å². The Morgan fingerprint density at radius 2 is 1.70 bits per heavy atom. The average Bonchev–Trinajstić information content (AvgIpc) is 3.33. The first kappa shape index (κ1) is 15.7. The minimum Gasteiger partial charge on any atom is -0.454 e. The summed E-state index contributed by atoms with van der Waals surface area (Å²) in [6, 6.07) is 18.3. The molecule has 0 saturated heterocycles. The monoisotopic (exact) mass is 358 g/mol. The van der Waals surface area contributed by atoms with Gasteiger partial charge in [-0.15, -0.1) is 10.2 Å². The summed E-state index contributed by atoms with van der Waals surface area (Å²) in [5, 5.41) is 8.68. The Hall–Kier alpha value is -3.54. The lowest BCUT2D eigenvalue weighted by Crippen LogP contribution is -2.08. The molecule has 6 heteroatoms. The van der Waals surface area contributed by atoms with E-state index in [9.17, 15) is 0 Å². The third kappa shape index (κ3) is 2.66. The Morgan fingerprint density at radius 1 is 0.852 bits per heavy atom.